The van der Waals surface area contributed by atoms with Crippen LogP contribution in [0.2, 0.25) is 0 Å². The van der Waals surface area contributed by atoms with E-state index in [0.717, 1.165) is 17.8 Å². The summed E-state index contributed by atoms with van der Waals surface area (Å²) in [5, 5.41) is 4.54. The average molecular weight is 256 g/mol. The lowest BCUT2D eigenvalue weighted by Gasteiger charge is -2.05. The van der Waals surface area contributed by atoms with E-state index >= 15 is 0 Å². The highest BCUT2D eigenvalue weighted by molar-refractivity contribution is 5.78. The molecular weight excluding hydrogens is 236 g/mol. The first-order valence-electron chi connectivity index (χ1n) is 6.65. The molecule has 0 aliphatic carbocycles. The third-order valence-electron chi connectivity index (χ3n) is 3.38. The van der Waals surface area contributed by atoms with Crippen molar-refractivity contribution in [3.8, 4) is 11.1 Å². The van der Waals surface area contributed by atoms with Crippen LogP contribution in [0.3, 0.4) is 0 Å². The van der Waals surface area contributed by atoms with Gasteiger partial charge in [-0.05, 0) is 38.8 Å². The lowest BCUT2D eigenvalue weighted by molar-refractivity contribution is -0.116. The number of carbonyl (C=O) groups is 1. The summed E-state index contributed by atoms with van der Waals surface area (Å²) in [5.74, 6) is 0.193. The summed E-state index contributed by atoms with van der Waals surface area (Å²) in [5.41, 5.74) is 5.69. The van der Waals surface area contributed by atoms with Gasteiger partial charge in [-0.2, -0.15) is 5.10 Å². The number of ketones is 1. The Kier molecular flexibility index (Phi) is 3.84. The molecule has 1 heterocycles. The maximum atomic E-state index is 11.1. The highest BCUT2D eigenvalue weighted by atomic mass is 16.1. The van der Waals surface area contributed by atoms with Gasteiger partial charge in [0.25, 0.3) is 0 Å². The highest BCUT2D eigenvalue weighted by Crippen LogP contribution is 2.27. The van der Waals surface area contributed by atoms with E-state index in [2.05, 4.69) is 31.1 Å². The van der Waals surface area contributed by atoms with Crippen LogP contribution in [0, 0.1) is 13.8 Å². The molecule has 2 rings (SSSR count). The molecule has 1 aromatic heterocycles. The molecule has 2 aromatic rings. The molecule has 0 atom stereocenters. The molecule has 3 nitrogen and oxygen atoms in total. The number of Topliss-reactive ketones (excluding diaryl/α,β-unsaturated/α-hetero) is 1. The predicted molar refractivity (Wildman–Crippen MR) is 77.2 cm³/mol. The summed E-state index contributed by atoms with van der Waals surface area (Å²) in [6.07, 6.45) is 0.506. The van der Waals surface area contributed by atoms with Crippen LogP contribution >= 0.6 is 0 Å². The van der Waals surface area contributed by atoms with E-state index in [1.54, 1.807) is 6.92 Å². The molecule has 100 valence electrons. The number of benzene rings is 1. The second-order valence-electron chi connectivity index (χ2n) is 4.94. The van der Waals surface area contributed by atoms with Crippen molar-refractivity contribution in [3.05, 3.63) is 41.2 Å². The molecule has 0 amide bonds. The number of aromatic nitrogens is 2. The van der Waals surface area contributed by atoms with Gasteiger partial charge in [-0.3, -0.25) is 9.48 Å². The van der Waals surface area contributed by atoms with Gasteiger partial charge in [0, 0.05) is 24.2 Å². The monoisotopic (exact) mass is 256 g/mol. The Balaban J connectivity index is 2.37. The summed E-state index contributed by atoms with van der Waals surface area (Å²) in [7, 11) is 0. The summed E-state index contributed by atoms with van der Waals surface area (Å²) in [4.78, 5) is 11.1. The normalized spacial score (nSPS) is 10.7. The Bertz CT molecular complexity index is 594. The Labute approximate surface area is 114 Å². The van der Waals surface area contributed by atoms with Crippen LogP contribution in [0.25, 0.3) is 11.1 Å². The second kappa shape index (κ2) is 5.39. The lowest BCUT2D eigenvalue weighted by Crippen LogP contribution is -1.98. The maximum Gasteiger partial charge on any atom is 0.134 e. The van der Waals surface area contributed by atoms with E-state index in [4.69, 9.17) is 0 Å². The molecule has 0 radical (unpaired) electrons. The molecule has 19 heavy (non-hydrogen) atoms. The van der Waals surface area contributed by atoms with Crippen molar-refractivity contribution in [2.45, 2.75) is 40.7 Å². The molecule has 0 aliphatic rings. The molecule has 0 spiro atoms. The summed E-state index contributed by atoms with van der Waals surface area (Å²) >= 11 is 0. The van der Waals surface area contributed by atoms with Crippen LogP contribution < -0.4 is 0 Å². The molecule has 0 bridgehead atoms. The van der Waals surface area contributed by atoms with Crippen molar-refractivity contribution in [1.29, 1.82) is 0 Å². The van der Waals surface area contributed by atoms with E-state index in [1.165, 1.54) is 16.8 Å². The summed E-state index contributed by atoms with van der Waals surface area (Å²) < 4.78 is 2.02. The van der Waals surface area contributed by atoms with Crippen LogP contribution in [0.15, 0.2) is 24.3 Å². The van der Waals surface area contributed by atoms with Gasteiger partial charge in [-0.1, -0.05) is 24.3 Å². The first kappa shape index (κ1) is 13.5. The minimum atomic E-state index is 0.193. The van der Waals surface area contributed by atoms with Gasteiger partial charge >= 0.3 is 0 Å². The van der Waals surface area contributed by atoms with Gasteiger partial charge in [-0.25, -0.2) is 0 Å². The zero-order valence-corrected chi connectivity index (χ0v) is 12.0. The number of aryl methyl sites for hydroxylation is 2. The minimum Gasteiger partial charge on any atom is -0.300 e. The van der Waals surface area contributed by atoms with Gasteiger partial charge in [0.2, 0.25) is 0 Å². The molecule has 1 aromatic carbocycles. The van der Waals surface area contributed by atoms with Gasteiger partial charge in [0.1, 0.15) is 5.78 Å². The maximum absolute atomic E-state index is 11.1. The quantitative estimate of drug-likeness (QED) is 0.841. The van der Waals surface area contributed by atoms with Crippen molar-refractivity contribution in [3.63, 3.8) is 0 Å². The Morgan fingerprint density at radius 2 is 1.84 bits per heavy atom. The van der Waals surface area contributed by atoms with E-state index in [0.29, 0.717) is 6.42 Å². The minimum absolute atomic E-state index is 0.193. The third kappa shape index (κ3) is 2.75. The molecule has 0 fully saturated rings. The molecular formula is C16H20N2O. The topological polar surface area (TPSA) is 34.9 Å². The SMILES string of the molecule is CCn1nc(C)c(-c2ccc(CC(C)=O)cc2)c1C. The molecule has 0 saturated carbocycles. The largest absolute Gasteiger partial charge is 0.300 e. The number of carbonyl (C=O) groups excluding carboxylic acids is 1. The number of nitrogens with zero attached hydrogens (tertiary/aromatic N) is 2. The van der Waals surface area contributed by atoms with Crippen LogP contribution in [-0.2, 0) is 17.8 Å². The Hall–Kier alpha value is -1.90. The van der Waals surface area contributed by atoms with Crippen molar-refractivity contribution in [1.82, 2.24) is 9.78 Å². The smallest absolute Gasteiger partial charge is 0.134 e. The van der Waals surface area contributed by atoms with Crippen molar-refractivity contribution in [2.24, 2.45) is 0 Å². The zero-order valence-electron chi connectivity index (χ0n) is 12.0. The Morgan fingerprint density at radius 1 is 1.21 bits per heavy atom. The van der Waals surface area contributed by atoms with Crippen LogP contribution in [0.5, 0.6) is 0 Å². The molecule has 0 aliphatic heterocycles. The number of rotatable bonds is 4. The fourth-order valence-electron chi connectivity index (χ4n) is 2.50. The average Bonchev–Trinajstić information content (AvgIpc) is 2.65. The molecule has 0 unspecified atom stereocenters. The standard InChI is InChI=1S/C16H20N2O/c1-5-18-13(4)16(12(3)17-18)15-8-6-14(7-9-15)10-11(2)19/h6-9H,5,10H2,1-4H3. The van der Waals surface area contributed by atoms with E-state index in [-0.39, 0.29) is 5.78 Å². The summed E-state index contributed by atoms with van der Waals surface area (Å²) in [6, 6.07) is 8.21. The van der Waals surface area contributed by atoms with Crippen LogP contribution in [0.1, 0.15) is 30.8 Å². The second-order valence-corrected chi connectivity index (χ2v) is 4.94. The van der Waals surface area contributed by atoms with Gasteiger partial charge in [0.15, 0.2) is 0 Å². The van der Waals surface area contributed by atoms with Gasteiger partial charge in [-0.15, -0.1) is 0 Å². The lowest BCUT2D eigenvalue weighted by atomic mass is 10.0. The molecule has 0 saturated heterocycles. The van der Waals surface area contributed by atoms with E-state index < -0.39 is 0 Å². The Morgan fingerprint density at radius 3 is 2.32 bits per heavy atom. The van der Waals surface area contributed by atoms with Gasteiger partial charge in [0.05, 0.1) is 5.69 Å². The first-order chi connectivity index (χ1) is 9.02. The first-order valence-corrected chi connectivity index (χ1v) is 6.65. The number of hydrogen-bond donors (Lipinski definition) is 0. The van der Waals surface area contributed by atoms with Crippen LogP contribution in [-0.4, -0.2) is 15.6 Å². The predicted octanol–water partition coefficient (Wildman–Crippen LogP) is 3.32. The van der Waals surface area contributed by atoms with Gasteiger partial charge < -0.3 is 0 Å². The van der Waals surface area contributed by atoms with Crippen LogP contribution in [0.4, 0.5) is 0 Å². The fraction of sp³-hybridized carbons (Fsp3) is 0.375. The fourth-order valence-corrected chi connectivity index (χ4v) is 2.50. The van der Waals surface area contributed by atoms with E-state index in [9.17, 15) is 4.79 Å². The summed E-state index contributed by atoms with van der Waals surface area (Å²) in [6.45, 7) is 8.74. The zero-order chi connectivity index (χ0) is 14.0. The number of hydrogen-bond acceptors (Lipinski definition) is 2. The van der Waals surface area contributed by atoms with E-state index in [1.807, 2.05) is 23.7 Å². The third-order valence-corrected chi connectivity index (χ3v) is 3.38. The van der Waals surface area contributed by atoms with Crippen molar-refractivity contribution < 1.29 is 4.79 Å². The molecule has 0 N–H and O–H groups in total. The highest BCUT2D eigenvalue weighted by Gasteiger charge is 2.12. The van der Waals surface area contributed by atoms with Crippen molar-refractivity contribution in [2.75, 3.05) is 0 Å². The molecule has 3 heteroatoms. The van der Waals surface area contributed by atoms with Crippen molar-refractivity contribution >= 4 is 5.78 Å².